The minimum atomic E-state index is -0.00550. The Morgan fingerprint density at radius 2 is 2.00 bits per heavy atom. The molecule has 3 aromatic rings. The fraction of sp³-hybridized carbons (Fsp3) is 0.118. The van der Waals surface area contributed by atoms with Crippen molar-refractivity contribution in [2.45, 2.75) is 12.8 Å². The molecule has 0 aliphatic carbocycles. The van der Waals surface area contributed by atoms with Crippen LogP contribution in [-0.4, -0.2) is 15.9 Å². The molecule has 0 unspecified atom stereocenters. The highest BCUT2D eigenvalue weighted by Crippen LogP contribution is 2.18. The molecule has 0 saturated heterocycles. The predicted octanol–water partition coefficient (Wildman–Crippen LogP) is 3.20. The zero-order valence-electron chi connectivity index (χ0n) is 11.5. The summed E-state index contributed by atoms with van der Waals surface area (Å²) in [4.78, 5) is 20.3. The Hall–Kier alpha value is -2.75. The summed E-state index contributed by atoms with van der Waals surface area (Å²) in [5.74, 6) is -0.00550. The van der Waals surface area contributed by atoms with Gasteiger partial charge in [0.05, 0.1) is 0 Å². The van der Waals surface area contributed by atoms with Gasteiger partial charge in [0.25, 0.3) is 0 Å². The lowest BCUT2D eigenvalue weighted by atomic mass is 10.1. The average molecular weight is 277 g/mol. The van der Waals surface area contributed by atoms with E-state index in [0.717, 1.165) is 22.2 Å². The number of hydrogen-bond donors (Lipinski definition) is 1. The van der Waals surface area contributed by atoms with E-state index in [1.165, 1.54) is 0 Å². The van der Waals surface area contributed by atoms with Gasteiger partial charge in [0.15, 0.2) is 0 Å². The maximum absolute atomic E-state index is 12.0. The number of nitrogens with one attached hydrogen (secondary N) is 1. The van der Waals surface area contributed by atoms with Crippen LogP contribution in [0.3, 0.4) is 0 Å². The molecule has 4 heteroatoms. The van der Waals surface area contributed by atoms with Crippen molar-refractivity contribution in [3.05, 3.63) is 66.7 Å². The summed E-state index contributed by atoms with van der Waals surface area (Å²) in [5, 5.41) is 5.04. The molecule has 21 heavy (non-hydrogen) atoms. The topological polar surface area (TPSA) is 54.9 Å². The van der Waals surface area contributed by atoms with E-state index >= 15 is 0 Å². The highest BCUT2D eigenvalue weighted by Gasteiger charge is 2.04. The highest BCUT2D eigenvalue weighted by molar-refractivity contribution is 5.94. The van der Waals surface area contributed by atoms with Crippen LogP contribution >= 0.6 is 0 Å². The van der Waals surface area contributed by atoms with Crippen molar-refractivity contribution in [3.63, 3.8) is 0 Å². The van der Waals surface area contributed by atoms with Crippen molar-refractivity contribution in [1.82, 2.24) is 9.97 Å². The summed E-state index contributed by atoms with van der Waals surface area (Å²) >= 11 is 0. The molecule has 104 valence electrons. The Kier molecular flexibility index (Phi) is 3.87. The summed E-state index contributed by atoms with van der Waals surface area (Å²) < 4.78 is 0. The monoisotopic (exact) mass is 277 g/mol. The van der Waals surface area contributed by atoms with Gasteiger partial charge in [-0.25, -0.2) is 0 Å². The first kappa shape index (κ1) is 13.2. The minimum Gasteiger partial charge on any atom is -0.326 e. The maximum Gasteiger partial charge on any atom is 0.224 e. The first-order chi connectivity index (χ1) is 10.3. The van der Waals surface area contributed by atoms with Crippen LogP contribution < -0.4 is 5.32 Å². The summed E-state index contributed by atoms with van der Waals surface area (Å²) in [5.41, 5.74) is 1.73. The van der Waals surface area contributed by atoms with E-state index in [1.54, 1.807) is 12.4 Å². The molecule has 3 rings (SSSR count). The van der Waals surface area contributed by atoms with Gasteiger partial charge in [-0.3, -0.25) is 14.8 Å². The molecule has 0 aliphatic rings. The first-order valence-electron chi connectivity index (χ1n) is 6.85. The van der Waals surface area contributed by atoms with E-state index in [4.69, 9.17) is 0 Å². The largest absolute Gasteiger partial charge is 0.326 e. The van der Waals surface area contributed by atoms with Crippen molar-refractivity contribution in [2.24, 2.45) is 0 Å². The van der Waals surface area contributed by atoms with Gasteiger partial charge in [-0.2, -0.15) is 0 Å². The number of hydrogen-bond acceptors (Lipinski definition) is 3. The van der Waals surface area contributed by atoms with E-state index in [-0.39, 0.29) is 5.91 Å². The third kappa shape index (κ3) is 3.42. The van der Waals surface area contributed by atoms with Crippen molar-refractivity contribution < 1.29 is 4.79 Å². The van der Waals surface area contributed by atoms with Gasteiger partial charge in [-0.1, -0.05) is 12.1 Å². The molecule has 4 nitrogen and oxygen atoms in total. The number of nitrogens with zero attached hydrogens (tertiary/aromatic N) is 2. The highest BCUT2D eigenvalue weighted by atomic mass is 16.1. The van der Waals surface area contributed by atoms with E-state index in [2.05, 4.69) is 15.3 Å². The standard InChI is InChI=1S/C17H15N3O/c21-17(7-6-15-3-1-2-9-19-15)20-16-5-4-14-12-18-10-8-13(14)11-16/h1-5,8-12H,6-7H2,(H,20,21). The predicted molar refractivity (Wildman–Crippen MR) is 82.9 cm³/mol. The lowest BCUT2D eigenvalue weighted by Gasteiger charge is -2.06. The number of fused-ring (bicyclic) bond motifs is 1. The van der Waals surface area contributed by atoms with Gasteiger partial charge < -0.3 is 5.32 Å². The van der Waals surface area contributed by atoms with Crippen LogP contribution in [0.15, 0.2) is 61.1 Å². The molecule has 0 atom stereocenters. The van der Waals surface area contributed by atoms with Crippen LogP contribution in [0.5, 0.6) is 0 Å². The zero-order chi connectivity index (χ0) is 14.5. The molecule has 0 spiro atoms. The summed E-state index contributed by atoms with van der Waals surface area (Å²) in [6.45, 7) is 0. The third-order valence-corrected chi connectivity index (χ3v) is 3.26. The van der Waals surface area contributed by atoms with Gasteiger partial charge in [-0.15, -0.1) is 0 Å². The van der Waals surface area contributed by atoms with Crippen LogP contribution in [0.2, 0.25) is 0 Å². The van der Waals surface area contributed by atoms with Gasteiger partial charge in [0.1, 0.15) is 0 Å². The minimum absolute atomic E-state index is 0.00550. The molecule has 2 heterocycles. The number of anilines is 1. The normalized spacial score (nSPS) is 10.5. The Morgan fingerprint density at radius 1 is 1.05 bits per heavy atom. The number of benzene rings is 1. The maximum atomic E-state index is 12.0. The summed E-state index contributed by atoms with van der Waals surface area (Å²) in [6, 6.07) is 13.5. The van der Waals surface area contributed by atoms with Gasteiger partial charge >= 0.3 is 0 Å². The van der Waals surface area contributed by atoms with Crippen LogP contribution in [-0.2, 0) is 11.2 Å². The van der Waals surface area contributed by atoms with E-state index in [9.17, 15) is 4.79 Å². The SMILES string of the molecule is O=C(CCc1ccccn1)Nc1ccc2cnccc2c1. The fourth-order valence-corrected chi connectivity index (χ4v) is 2.17. The molecular formula is C17H15N3O. The smallest absolute Gasteiger partial charge is 0.224 e. The van der Waals surface area contributed by atoms with E-state index in [0.29, 0.717) is 12.8 Å². The number of pyridine rings is 2. The quantitative estimate of drug-likeness (QED) is 0.796. The average Bonchev–Trinajstić information content (AvgIpc) is 2.54. The number of amides is 1. The second-order valence-corrected chi connectivity index (χ2v) is 4.81. The second kappa shape index (κ2) is 6.13. The van der Waals surface area contributed by atoms with Gasteiger partial charge in [0.2, 0.25) is 5.91 Å². The van der Waals surface area contributed by atoms with Crippen molar-refractivity contribution >= 4 is 22.4 Å². The zero-order valence-corrected chi connectivity index (χ0v) is 11.5. The summed E-state index contributed by atoms with van der Waals surface area (Å²) in [7, 11) is 0. The molecule has 1 amide bonds. The third-order valence-electron chi connectivity index (χ3n) is 3.26. The number of aromatic nitrogens is 2. The van der Waals surface area contributed by atoms with Crippen LogP contribution in [0.25, 0.3) is 10.8 Å². The Morgan fingerprint density at radius 3 is 2.86 bits per heavy atom. The van der Waals surface area contributed by atoms with Gasteiger partial charge in [0, 0.05) is 41.8 Å². The first-order valence-corrected chi connectivity index (χ1v) is 6.85. The van der Waals surface area contributed by atoms with Gasteiger partial charge in [-0.05, 0) is 42.1 Å². The molecule has 2 aromatic heterocycles. The van der Waals surface area contributed by atoms with Crippen molar-refractivity contribution in [3.8, 4) is 0 Å². The molecule has 0 aliphatic heterocycles. The van der Waals surface area contributed by atoms with E-state index < -0.39 is 0 Å². The molecule has 0 radical (unpaired) electrons. The number of rotatable bonds is 4. The molecular weight excluding hydrogens is 262 g/mol. The lowest BCUT2D eigenvalue weighted by molar-refractivity contribution is -0.116. The fourth-order valence-electron chi connectivity index (χ4n) is 2.17. The molecule has 0 fully saturated rings. The Labute approximate surface area is 122 Å². The second-order valence-electron chi connectivity index (χ2n) is 4.81. The lowest BCUT2D eigenvalue weighted by Crippen LogP contribution is -2.12. The molecule has 0 saturated carbocycles. The number of carbonyl (C=O) groups is 1. The van der Waals surface area contributed by atoms with Crippen LogP contribution in [0.1, 0.15) is 12.1 Å². The molecule has 1 aromatic carbocycles. The van der Waals surface area contributed by atoms with Crippen LogP contribution in [0, 0.1) is 0 Å². The van der Waals surface area contributed by atoms with Crippen LogP contribution in [0.4, 0.5) is 5.69 Å². The molecule has 1 N–H and O–H groups in total. The Balaban J connectivity index is 1.63. The number of carbonyl (C=O) groups excluding carboxylic acids is 1. The van der Waals surface area contributed by atoms with Crippen molar-refractivity contribution in [2.75, 3.05) is 5.32 Å². The van der Waals surface area contributed by atoms with Crippen molar-refractivity contribution in [1.29, 1.82) is 0 Å². The Bertz CT molecular complexity index is 756. The number of aryl methyl sites for hydroxylation is 1. The van der Waals surface area contributed by atoms with E-state index in [1.807, 2.05) is 48.7 Å². The summed E-state index contributed by atoms with van der Waals surface area (Å²) in [6.07, 6.45) is 6.36. The molecule has 0 bridgehead atoms.